The maximum atomic E-state index is 5.69. The van der Waals surface area contributed by atoms with Crippen LogP contribution in [-0.4, -0.2) is 23.8 Å². The molecule has 1 heterocycles. The van der Waals surface area contributed by atoms with Gasteiger partial charge in [-0.05, 0) is 6.42 Å². The monoisotopic (exact) mass is 185 g/mol. The van der Waals surface area contributed by atoms with E-state index in [4.69, 9.17) is 11.6 Å². The third kappa shape index (κ3) is 2.34. The van der Waals surface area contributed by atoms with Crippen LogP contribution in [0.3, 0.4) is 0 Å². The van der Waals surface area contributed by atoms with Gasteiger partial charge in [0.05, 0.1) is 11.9 Å². The molecule has 0 aromatic carbocycles. The van der Waals surface area contributed by atoms with Gasteiger partial charge in [-0.15, -0.1) is 5.10 Å². The molecule has 0 saturated carbocycles. The normalized spacial score (nSPS) is 9.92. The lowest BCUT2D eigenvalue weighted by Crippen LogP contribution is -2.17. The second-order valence-electron chi connectivity index (χ2n) is 2.66. The van der Waals surface area contributed by atoms with Gasteiger partial charge in [0.25, 0.3) is 0 Å². The van der Waals surface area contributed by atoms with Gasteiger partial charge in [0.2, 0.25) is 0 Å². The molecule has 4 heteroatoms. The van der Waals surface area contributed by atoms with E-state index in [0.717, 1.165) is 18.7 Å². The molecule has 0 aliphatic carbocycles. The Morgan fingerprint density at radius 3 is 2.92 bits per heavy atom. The Labute approximate surface area is 77.4 Å². The first-order chi connectivity index (χ1) is 5.74. The van der Waals surface area contributed by atoms with Gasteiger partial charge in [0.1, 0.15) is 0 Å². The molecule has 66 valence electrons. The number of nitrogens with zero attached hydrogens (tertiary/aromatic N) is 3. The molecule has 1 aromatic heterocycles. The van der Waals surface area contributed by atoms with Crippen LogP contribution >= 0.6 is 11.6 Å². The SMILES string of the molecule is CCCN(C)c1cnnc(Cl)c1. The Bertz CT molecular complexity index is 252. The standard InChI is InChI=1S/C8H12ClN3/c1-3-4-12(2)7-5-8(9)11-10-6-7/h5-6H,3-4H2,1-2H3. The highest BCUT2D eigenvalue weighted by molar-refractivity contribution is 6.29. The van der Waals surface area contributed by atoms with Crippen LogP contribution < -0.4 is 4.90 Å². The summed E-state index contributed by atoms with van der Waals surface area (Å²) in [4.78, 5) is 2.10. The van der Waals surface area contributed by atoms with Crippen molar-refractivity contribution in [2.45, 2.75) is 13.3 Å². The van der Waals surface area contributed by atoms with Crippen molar-refractivity contribution < 1.29 is 0 Å². The first-order valence-corrected chi connectivity index (χ1v) is 4.31. The Morgan fingerprint density at radius 2 is 2.33 bits per heavy atom. The van der Waals surface area contributed by atoms with Gasteiger partial charge in [-0.25, -0.2) is 0 Å². The lowest BCUT2D eigenvalue weighted by molar-refractivity contribution is 0.844. The van der Waals surface area contributed by atoms with Gasteiger partial charge >= 0.3 is 0 Å². The zero-order chi connectivity index (χ0) is 8.97. The minimum Gasteiger partial charge on any atom is -0.373 e. The third-order valence-corrected chi connectivity index (χ3v) is 1.79. The molecule has 1 aromatic rings. The van der Waals surface area contributed by atoms with Crippen molar-refractivity contribution in [1.29, 1.82) is 0 Å². The molecule has 0 fully saturated rings. The first-order valence-electron chi connectivity index (χ1n) is 3.93. The van der Waals surface area contributed by atoms with Crippen molar-refractivity contribution in [1.82, 2.24) is 10.2 Å². The lowest BCUT2D eigenvalue weighted by Gasteiger charge is -2.17. The van der Waals surface area contributed by atoms with E-state index in [0.29, 0.717) is 5.15 Å². The zero-order valence-corrected chi connectivity index (χ0v) is 8.04. The quantitative estimate of drug-likeness (QED) is 0.721. The maximum absolute atomic E-state index is 5.69. The van der Waals surface area contributed by atoms with E-state index < -0.39 is 0 Å². The molecule has 0 bridgehead atoms. The Kier molecular flexibility index (Phi) is 3.29. The van der Waals surface area contributed by atoms with Gasteiger partial charge < -0.3 is 4.90 Å². The molecule has 12 heavy (non-hydrogen) atoms. The number of anilines is 1. The fourth-order valence-electron chi connectivity index (χ4n) is 1.00. The van der Waals surface area contributed by atoms with Crippen molar-refractivity contribution in [2.24, 2.45) is 0 Å². The molecule has 1 rings (SSSR count). The summed E-state index contributed by atoms with van der Waals surface area (Å²) >= 11 is 5.69. The second-order valence-corrected chi connectivity index (χ2v) is 3.05. The summed E-state index contributed by atoms with van der Waals surface area (Å²) in [6.45, 7) is 3.13. The predicted molar refractivity (Wildman–Crippen MR) is 50.6 cm³/mol. The van der Waals surface area contributed by atoms with Crippen molar-refractivity contribution in [3.63, 3.8) is 0 Å². The average Bonchev–Trinajstić information content (AvgIpc) is 2.05. The van der Waals surface area contributed by atoms with E-state index >= 15 is 0 Å². The fourth-order valence-corrected chi connectivity index (χ4v) is 1.16. The van der Waals surface area contributed by atoms with Crippen molar-refractivity contribution >= 4 is 17.3 Å². The summed E-state index contributed by atoms with van der Waals surface area (Å²) in [5.41, 5.74) is 1.01. The topological polar surface area (TPSA) is 29.0 Å². The van der Waals surface area contributed by atoms with Crippen LogP contribution in [0.5, 0.6) is 0 Å². The molecule has 0 N–H and O–H groups in total. The van der Waals surface area contributed by atoms with E-state index in [1.54, 1.807) is 6.20 Å². The largest absolute Gasteiger partial charge is 0.373 e. The molecule has 0 spiro atoms. The fraction of sp³-hybridized carbons (Fsp3) is 0.500. The molecule has 3 nitrogen and oxygen atoms in total. The molecule has 0 aliphatic heterocycles. The average molecular weight is 186 g/mol. The van der Waals surface area contributed by atoms with Gasteiger partial charge in [-0.1, -0.05) is 18.5 Å². The van der Waals surface area contributed by atoms with Crippen molar-refractivity contribution in [3.8, 4) is 0 Å². The number of halogens is 1. The van der Waals surface area contributed by atoms with Crippen LogP contribution in [0.4, 0.5) is 5.69 Å². The number of aromatic nitrogens is 2. The Balaban J connectivity index is 2.73. The molecule has 0 unspecified atom stereocenters. The Morgan fingerprint density at radius 1 is 1.58 bits per heavy atom. The van der Waals surface area contributed by atoms with Gasteiger partial charge in [-0.3, -0.25) is 0 Å². The zero-order valence-electron chi connectivity index (χ0n) is 7.29. The number of hydrogen-bond acceptors (Lipinski definition) is 3. The lowest BCUT2D eigenvalue weighted by atomic mass is 10.4. The molecule has 0 saturated heterocycles. The van der Waals surface area contributed by atoms with Gasteiger partial charge in [-0.2, -0.15) is 5.10 Å². The summed E-state index contributed by atoms with van der Waals surface area (Å²) in [6.07, 6.45) is 2.82. The summed E-state index contributed by atoms with van der Waals surface area (Å²) < 4.78 is 0. The maximum Gasteiger partial charge on any atom is 0.153 e. The van der Waals surface area contributed by atoms with E-state index in [1.165, 1.54) is 0 Å². The molecule has 0 aliphatic rings. The highest BCUT2D eigenvalue weighted by Gasteiger charge is 2.00. The van der Waals surface area contributed by atoms with Crippen LogP contribution in [0.2, 0.25) is 5.15 Å². The number of rotatable bonds is 3. The van der Waals surface area contributed by atoms with E-state index in [-0.39, 0.29) is 0 Å². The van der Waals surface area contributed by atoms with E-state index in [9.17, 15) is 0 Å². The van der Waals surface area contributed by atoms with Crippen molar-refractivity contribution in [3.05, 3.63) is 17.4 Å². The summed E-state index contributed by atoms with van der Waals surface area (Å²) in [5.74, 6) is 0. The van der Waals surface area contributed by atoms with Gasteiger partial charge in [0, 0.05) is 19.7 Å². The molecule has 0 amide bonds. The van der Waals surface area contributed by atoms with E-state index in [2.05, 4.69) is 22.0 Å². The van der Waals surface area contributed by atoms with Crippen LogP contribution in [0.25, 0.3) is 0 Å². The molecule has 0 radical (unpaired) electrons. The molecule has 0 atom stereocenters. The van der Waals surface area contributed by atoms with Crippen LogP contribution in [0.1, 0.15) is 13.3 Å². The highest BCUT2D eigenvalue weighted by Crippen LogP contribution is 2.14. The first kappa shape index (κ1) is 9.26. The summed E-state index contributed by atoms with van der Waals surface area (Å²) in [7, 11) is 2.01. The second kappa shape index (κ2) is 4.26. The minimum atomic E-state index is 0.440. The number of hydrogen-bond donors (Lipinski definition) is 0. The van der Waals surface area contributed by atoms with E-state index in [1.807, 2.05) is 13.1 Å². The summed E-state index contributed by atoms with van der Waals surface area (Å²) in [6, 6.07) is 1.81. The highest BCUT2D eigenvalue weighted by atomic mass is 35.5. The van der Waals surface area contributed by atoms with Crippen LogP contribution in [-0.2, 0) is 0 Å². The smallest absolute Gasteiger partial charge is 0.153 e. The van der Waals surface area contributed by atoms with Crippen LogP contribution in [0.15, 0.2) is 12.3 Å². The third-order valence-electron chi connectivity index (χ3n) is 1.61. The van der Waals surface area contributed by atoms with Crippen molar-refractivity contribution in [2.75, 3.05) is 18.5 Å². The Hall–Kier alpha value is -0.830. The summed E-state index contributed by atoms with van der Waals surface area (Å²) in [5, 5.41) is 7.88. The molecular formula is C8H12ClN3. The minimum absolute atomic E-state index is 0.440. The van der Waals surface area contributed by atoms with Gasteiger partial charge in [0.15, 0.2) is 5.15 Å². The predicted octanol–water partition coefficient (Wildman–Crippen LogP) is 1.98. The van der Waals surface area contributed by atoms with Crippen LogP contribution in [0, 0.1) is 0 Å². The molecular weight excluding hydrogens is 174 g/mol.